The average molecular weight is 339 g/mol. The Labute approximate surface area is 146 Å². The Morgan fingerprint density at radius 2 is 1.92 bits per heavy atom. The van der Waals surface area contributed by atoms with Crippen molar-refractivity contribution in [1.29, 1.82) is 0 Å². The predicted molar refractivity (Wildman–Crippen MR) is 95.0 cm³/mol. The highest BCUT2D eigenvalue weighted by molar-refractivity contribution is 6.06. The van der Waals surface area contributed by atoms with Gasteiger partial charge in [0.15, 0.2) is 0 Å². The first kappa shape index (κ1) is 17.0. The van der Waals surface area contributed by atoms with Crippen molar-refractivity contribution in [3.05, 3.63) is 59.7 Å². The SMILES string of the molecule is O=C(O)CCc1cccc(NC(=O)c2ccccc2OCC2CC2)c1. The normalized spacial score (nSPS) is 13.3. The maximum Gasteiger partial charge on any atom is 0.303 e. The van der Waals surface area contributed by atoms with Crippen molar-refractivity contribution in [3.63, 3.8) is 0 Å². The fourth-order valence-electron chi connectivity index (χ4n) is 2.53. The number of anilines is 1. The number of ether oxygens (including phenoxy) is 1. The van der Waals surface area contributed by atoms with Crippen LogP contribution in [0.2, 0.25) is 0 Å². The molecule has 0 heterocycles. The van der Waals surface area contributed by atoms with Crippen LogP contribution in [0.25, 0.3) is 0 Å². The Bertz CT molecular complexity index is 768. The third kappa shape index (κ3) is 5.08. The molecule has 0 spiro atoms. The average Bonchev–Trinajstić information content (AvgIpc) is 3.43. The van der Waals surface area contributed by atoms with Crippen LogP contribution in [0.3, 0.4) is 0 Å². The molecule has 1 aliphatic rings. The molecule has 2 N–H and O–H groups in total. The second-order valence-corrected chi connectivity index (χ2v) is 6.30. The van der Waals surface area contributed by atoms with E-state index in [1.807, 2.05) is 24.3 Å². The van der Waals surface area contributed by atoms with Crippen LogP contribution in [0.15, 0.2) is 48.5 Å². The largest absolute Gasteiger partial charge is 0.492 e. The summed E-state index contributed by atoms with van der Waals surface area (Å²) in [6.45, 7) is 0.648. The molecule has 1 aliphatic carbocycles. The summed E-state index contributed by atoms with van der Waals surface area (Å²) in [5.74, 6) is 0.133. The quantitative estimate of drug-likeness (QED) is 0.768. The highest BCUT2D eigenvalue weighted by Gasteiger charge is 2.23. The summed E-state index contributed by atoms with van der Waals surface area (Å²) in [4.78, 5) is 23.3. The number of carboxylic acid groups (broad SMARTS) is 1. The van der Waals surface area contributed by atoms with Gasteiger partial charge < -0.3 is 15.2 Å². The molecule has 3 rings (SSSR count). The summed E-state index contributed by atoms with van der Waals surface area (Å²) in [6.07, 6.45) is 2.88. The van der Waals surface area contributed by atoms with E-state index in [-0.39, 0.29) is 12.3 Å². The lowest BCUT2D eigenvalue weighted by molar-refractivity contribution is -0.136. The Kier molecular flexibility index (Phi) is 5.33. The van der Waals surface area contributed by atoms with Crippen LogP contribution in [0.5, 0.6) is 5.75 Å². The molecule has 1 amide bonds. The molecule has 130 valence electrons. The molecule has 1 fully saturated rings. The van der Waals surface area contributed by atoms with Gasteiger partial charge in [0.05, 0.1) is 12.2 Å². The molecule has 5 heteroatoms. The zero-order valence-electron chi connectivity index (χ0n) is 13.9. The molecular formula is C20H21NO4. The highest BCUT2D eigenvalue weighted by Crippen LogP contribution is 2.30. The molecular weight excluding hydrogens is 318 g/mol. The fourth-order valence-corrected chi connectivity index (χ4v) is 2.53. The van der Waals surface area contributed by atoms with E-state index in [1.165, 1.54) is 12.8 Å². The Hall–Kier alpha value is -2.82. The Morgan fingerprint density at radius 1 is 1.12 bits per heavy atom. The summed E-state index contributed by atoms with van der Waals surface area (Å²) in [6, 6.07) is 14.5. The van der Waals surface area contributed by atoms with Gasteiger partial charge in [-0.25, -0.2) is 0 Å². The molecule has 0 aromatic heterocycles. The van der Waals surface area contributed by atoms with Gasteiger partial charge in [-0.05, 0) is 55.0 Å². The molecule has 0 saturated heterocycles. The maximum absolute atomic E-state index is 12.6. The van der Waals surface area contributed by atoms with Crippen LogP contribution in [0, 0.1) is 5.92 Å². The molecule has 0 atom stereocenters. The minimum absolute atomic E-state index is 0.0647. The van der Waals surface area contributed by atoms with Crippen molar-refractivity contribution < 1.29 is 19.4 Å². The van der Waals surface area contributed by atoms with E-state index in [2.05, 4.69) is 5.32 Å². The second-order valence-electron chi connectivity index (χ2n) is 6.30. The van der Waals surface area contributed by atoms with Crippen molar-refractivity contribution in [3.8, 4) is 5.75 Å². The third-order valence-electron chi connectivity index (χ3n) is 4.12. The topological polar surface area (TPSA) is 75.6 Å². The van der Waals surface area contributed by atoms with Crippen LogP contribution < -0.4 is 10.1 Å². The van der Waals surface area contributed by atoms with Gasteiger partial charge in [0, 0.05) is 12.1 Å². The van der Waals surface area contributed by atoms with Crippen LogP contribution in [-0.4, -0.2) is 23.6 Å². The molecule has 5 nitrogen and oxygen atoms in total. The first-order chi connectivity index (χ1) is 12.1. The fraction of sp³-hybridized carbons (Fsp3) is 0.300. The highest BCUT2D eigenvalue weighted by atomic mass is 16.5. The number of carbonyl (C=O) groups is 2. The van der Waals surface area contributed by atoms with Crippen LogP contribution in [-0.2, 0) is 11.2 Å². The first-order valence-corrected chi connectivity index (χ1v) is 8.46. The lowest BCUT2D eigenvalue weighted by atomic mass is 10.1. The molecule has 1 saturated carbocycles. The van der Waals surface area contributed by atoms with Gasteiger partial charge in [0.1, 0.15) is 5.75 Å². The monoisotopic (exact) mass is 339 g/mol. The zero-order chi connectivity index (χ0) is 17.6. The van der Waals surface area contributed by atoms with Crippen LogP contribution >= 0.6 is 0 Å². The van der Waals surface area contributed by atoms with Crippen molar-refractivity contribution in [1.82, 2.24) is 0 Å². The van der Waals surface area contributed by atoms with Gasteiger partial charge in [0.2, 0.25) is 0 Å². The van der Waals surface area contributed by atoms with Crippen molar-refractivity contribution in [2.24, 2.45) is 5.92 Å². The number of para-hydroxylation sites is 1. The summed E-state index contributed by atoms with van der Waals surface area (Å²) >= 11 is 0. The van der Waals surface area contributed by atoms with Crippen molar-refractivity contribution in [2.45, 2.75) is 25.7 Å². The molecule has 0 radical (unpaired) electrons. The van der Waals surface area contributed by atoms with Gasteiger partial charge in [0.25, 0.3) is 5.91 Å². The van der Waals surface area contributed by atoms with Gasteiger partial charge in [-0.15, -0.1) is 0 Å². The number of carboxylic acids is 1. The number of hydrogen-bond donors (Lipinski definition) is 2. The Balaban J connectivity index is 1.67. The molecule has 2 aromatic carbocycles. The van der Waals surface area contributed by atoms with E-state index >= 15 is 0 Å². The maximum atomic E-state index is 12.6. The number of rotatable bonds is 8. The predicted octanol–water partition coefficient (Wildman–Crippen LogP) is 3.74. The van der Waals surface area contributed by atoms with Gasteiger partial charge >= 0.3 is 5.97 Å². The van der Waals surface area contributed by atoms with E-state index in [9.17, 15) is 9.59 Å². The van der Waals surface area contributed by atoms with E-state index in [0.29, 0.717) is 35.9 Å². The molecule has 0 aliphatic heterocycles. The van der Waals surface area contributed by atoms with Gasteiger partial charge in [-0.1, -0.05) is 24.3 Å². The number of aryl methyl sites for hydroxylation is 1. The van der Waals surface area contributed by atoms with Gasteiger partial charge in [-0.3, -0.25) is 9.59 Å². The number of benzene rings is 2. The standard InChI is InChI=1S/C20H21NO4/c22-19(23)11-10-14-4-3-5-16(12-14)21-20(24)17-6-1-2-7-18(17)25-13-15-8-9-15/h1-7,12,15H,8-11,13H2,(H,21,24)(H,22,23). The second kappa shape index (κ2) is 7.83. The van der Waals surface area contributed by atoms with E-state index in [0.717, 1.165) is 5.56 Å². The number of amides is 1. The smallest absolute Gasteiger partial charge is 0.303 e. The zero-order valence-corrected chi connectivity index (χ0v) is 13.9. The minimum Gasteiger partial charge on any atom is -0.492 e. The third-order valence-corrected chi connectivity index (χ3v) is 4.12. The Morgan fingerprint density at radius 3 is 2.68 bits per heavy atom. The minimum atomic E-state index is -0.837. The first-order valence-electron chi connectivity index (χ1n) is 8.46. The lowest BCUT2D eigenvalue weighted by Gasteiger charge is -2.12. The number of nitrogens with one attached hydrogen (secondary N) is 1. The number of carbonyl (C=O) groups excluding carboxylic acids is 1. The van der Waals surface area contributed by atoms with Gasteiger partial charge in [-0.2, -0.15) is 0 Å². The summed E-state index contributed by atoms with van der Waals surface area (Å²) in [7, 11) is 0. The molecule has 25 heavy (non-hydrogen) atoms. The molecule has 0 unspecified atom stereocenters. The summed E-state index contributed by atoms with van der Waals surface area (Å²) in [5.41, 5.74) is 2.02. The van der Waals surface area contributed by atoms with E-state index in [1.54, 1.807) is 24.3 Å². The summed E-state index contributed by atoms with van der Waals surface area (Å²) < 4.78 is 5.78. The van der Waals surface area contributed by atoms with E-state index in [4.69, 9.17) is 9.84 Å². The summed E-state index contributed by atoms with van der Waals surface area (Å²) in [5, 5.41) is 11.6. The van der Waals surface area contributed by atoms with Crippen LogP contribution in [0.1, 0.15) is 35.2 Å². The van der Waals surface area contributed by atoms with E-state index < -0.39 is 5.97 Å². The van der Waals surface area contributed by atoms with Crippen molar-refractivity contribution >= 4 is 17.6 Å². The van der Waals surface area contributed by atoms with Crippen molar-refractivity contribution in [2.75, 3.05) is 11.9 Å². The molecule has 0 bridgehead atoms. The van der Waals surface area contributed by atoms with Crippen LogP contribution in [0.4, 0.5) is 5.69 Å². The lowest BCUT2D eigenvalue weighted by Crippen LogP contribution is -2.14. The number of hydrogen-bond acceptors (Lipinski definition) is 3. The molecule has 2 aromatic rings. The number of aliphatic carboxylic acids is 1.